The molecule has 0 atom stereocenters. The highest BCUT2D eigenvalue weighted by atomic mass is 16.5. The van der Waals surface area contributed by atoms with Gasteiger partial charge in [0, 0.05) is 37.1 Å². The van der Waals surface area contributed by atoms with Crippen LogP contribution in [0.2, 0.25) is 0 Å². The Hall–Kier alpha value is -3.48. The number of nitrogens with zero attached hydrogens (tertiary/aromatic N) is 5. The molecule has 0 bridgehead atoms. The fraction of sp³-hybridized carbons (Fsp3) is 0.158. The molecule has 3 aromatic heterocycles. The van der Waals surface area contributed by atoms with Crippen molar-refractivity contribution >= 4 is 5.82 Å². The molecule has 3 heterocycles. The van der Waals surface area contributed by atoms with E-state index in [4.69, 9.17) is 4.52 Å². The third-order valence-corrected chi connectivity index (χ3v) is 3.96. The van der Waals surface area contributed by atoms with Gasteiger partial charge in [0.25, 0.3) is 5.89 Å². The Balaban J connectivity index is 1.62. The smallest absolute Gasteiger partial charge is 0.261 e. The number of aryl methyl sites for hydroxylation is 2. The van der Waals surface area contributed by atoms with Crippen molar-refractivity contribution in [2.24, 2.45) is 7.05 Å². The predicted octanol–water partition coefficient (Wildman–Crippen LogP) is 3.45. The summed E-state index contributed by atoms with van der Waals surface area (Å²) in [5.74, 6) is 1.74. The quantitative estimate of drug-likeness (QED) is 0.596. The number of anilines is 1. The summed E-state index contributed by atoms with van der Waals surface area (Å²) >= 11 is 0. The highest BCUT2D eigenvalue weighted by Crippen LogP contribution is 2.26. The predicted molar refractivity (Wildman–Crippen MR) is 98.2 cm³/mol. The van der Waals surface area contributed by atoms with Gasteiger partial charge in [0.05, 0.1) is 11.3 Å². The summed E-state index contributed by atoms with van der Waals surface area (Å²) in [5, 5.41) is 11.8. The van der Waals surface area contributed by atoms with Crippen LogP contribution in [0.1, 0.15) is 11.4 Å². The number of nitrogens with one attached hydrogen (secondary N) is 1. The molecule has 0 saturated heterocycles. The molecule has 4 rings (SSSR count). The molecule has 0 aliphatic heterocycles. The van der Waals surface area contributed by atoms with E-state index in [9.17, 15) is 0 Å². The van der Waals surface area contributed by atoms with Gasteiger partial charge in [0.15, 0.2) is 5.82 Å². The van der Waals surface area contributed by atoms with E-state index in [1.807, 2.05) is 48.3 Å². The molecule has 0 aliphatic carbocycles. The monoisotopic (exact) mass is 346 g/mol. The van der Waals surface area contributed by atoms with Gasteiger partial charge < -0.3 is 9.84 Å². The van der Waals surface area contributed by atoms with Crippen molar-refractivity contribution in [2.75, 3.05) is 5.32 Å². The van der Waals surface area contributed by atoms with Crippen LogP contribution in [0.3, 0.4) is 0 Å². The fourth-order valence-electron chi connectivity index (χ4n) is 2.81. The zero-order chi connectivity index (χ0) is 17.9. The van der Waals surface area contributed by atoms with Gasteiger partial charge in [-0.2, -0.15) is 10.1 Å². The summed E-state index contributed by atoms with van der Waals surface area (Å²) in [4.78, 5) is 8.71. The Kier molecular flexibility index (Phi) is 4.18. The SMILES string of the molecule is Cc1noc(-c2cccnc2NCc2cn(C)nc2-c2ccccc2)n1. The summed E-state index contributed by atoms with van der Waals surface area (Å²) in [7, 11) is 1.92. The van der Waals surface area contributed by atoms with Crippen molar-refractivity contribution in [2.45, 2.75) is 13.5 Å². The zero-order valence-corrected chi connectivity index (χ0v) is 14.5. The van der Waals surface area contributed by atoms with E-state index < -0.39 is 0 Å². The van der Waals surface area contributed by atoms with Crippen LogP contribution in [0.25, 0.3) is 22.7 Å². The minimum absolute atomic E-state index is 0.451. The highest BCUT2D eigenvalue weighted by Gasteiger charge is 2.14. The van der Waals surface area contributed by atoms with E-state index >= 15 is 0 Å². The van der Waals surface area contributed by atoms with E-state index in [2.05, 4.69) is 37.7 Å². The van der Waals surface area contributed by atoms with Crippen molar-refractivity contribution in [3.05, 3.63) is 66.2 Å². The first-order chi connectivity index (χ1) is 12.7. The summed E-state index contributed by atoms with van der Waals surface area (Å²) in [6, 6.07) is 13.9. The Labute approximate surface area is 150 Å². The molecule has 130 valence electrons. The molecule has 0 amide bonds. The molecule has 0 radical (unpaired) electrons. The van der Waals surface area contributed by atoms with Gasteiger partial charge >= 0.3 is 0 Å². The lowest BCUT2D eigenvalue weighted by Crippen LogP contribution is -2.03. The number of hydrogen-bond acceptors (Lipinski definition) is 6. The summed E-state index contributed by atoms with van der Waals surface area (Å²) in [6.07, 6.45) is 3.74. The first-order valence-corrected chi connectivity index (χ1v) is 8.28. The van der Waals surface area contributed by atoms with Crippen molar-refractivity contribution in [3.8, 4) is 22.7 Å². The van der Waals surface area contributed by atoms with Crippen LogP contribution in [0.5, 0.6) is 0 Å². The van der Waals surface area contributed by atoms with Gasteiger partial charge in [0.1, 0.15) is 5.82 Å². The van der Waals surface area contributed by atoms with Crippen LogP contribution < -0.4 is 5.32 Å². The van der Waals surface area contributed by atoms with Crippen LogP contribution >= 0.6 is 0 Å². The summed E-state index contributed by atoms with van der Waals surface area (Å²) in [5.41, 5.74) is 3.89. The highest BCUT2D eigenvalue weighted by molar-refractivity contribution is 5.69. The van der Waals surface area contributed by atoms with Gasteiger partial charge in [0.2, 0.25) is 0 Å². The van der Waals surface area contributed by atoms with E-state index in [0.29, 0.717) is 24.1 Å². The molecule has 7 heteroatoms. The molecule has 0 spiro atoms. The molecule has 1 N–H and O–H groups in total. The number of pyridine rings is 1. The molecule has 7 nitrogen and oxygen atoms in total. The standard InChI is InChI=1S/C19H18N6O/c1-13-22-19(26-24-13)16-9-6-10-20-18(16)21-11-15-12-25(2)23-17(15)14-7-4-3-5-8-14/h3-10,12H,11H2,1-2H3,(H,20,21). The average molecular weight is 346 g/mol. The third kappa shape index (κ3) is 3.19. The van der Waals surface area contributed by atoms with Crippen molar-refractivity contribution in [1.29, 1.82) is 0 Å². The van der Waals surface area contributed by atoms with Crippen LogP contribution in [-0.2, 0) is 13.6 Å². The Morgan fingerprint density at radius 2 is 1.96 bits per heavy atom. The zero-order valence-electron chi connectivity index (χ0n) is 14.5. The van der Waals surface area contributed by atoms with Gasteiger partial charge in [-0.15, -0.1) is 0 Å². The number of benzene rings is 1. The molecular weight excluding hydrogens is 328 g/mol. The third-order valence-electron chi connectivity index (χ3n) is 3.96. The van der Waals surface area contributed by atoms with Crippen LogP contribution in [0.4, 0.5) is 5.82 Å². The molecular formula is C19H18N6O. The Morgan fingerprint density at radius 1 is 1.12 bits per heavy atom. The molecule has 26 heavy (non-hydrogen) atoms. The summed E-state index contributed by atoms with van der Waals surface area (Å²) in [6.45, 7) is 2.37. The van der Waals surface area contributed by atoms with Crippen molar-refractivity contribution < 1.29 is 4.52 Å². The minimum Gasteiger partial charge on any atom is -0.365 e. The second-order valence-corrected chi connectivity index (χ2v) is 5.94. The van der Waals surface area contributed by atoms with E-state index in [-0.39, 0.29) is 0 Å². The van der Waals surface area contributed by atoms with E-state index in [0.717, 1.165) is 22.4 Å². The van der Waals surface area contributed by atoms with Crippen LogP contribution in [-0.4, -0.2) is 24.9 Å². The number of hydrogen-bond donors (Lipinski definition) is 1. The first kappa shape index (κ1) is 16.0. The molecule has 0 unspecified atom stereocenters. The normalized spacial score (nSPS) is 10.8. The first-order valence-electron chi connectivity index (χ1n) is 8.28. The largest absolute Gasteiger partial charge is 0.365 e. The topological polar surface area (TPSA) is 81.7 Å². The number of rotatable bonds is 5. The van der Waals surface area contributed by atoms with E-state index in [1.54, 1.807) is 13.1 Å². The Morgan fingerprint density at radius 3 is 2.73 bits per heavy atom. The molecule has 0 aliphatic rings. The maximum Gasteiger partial charge on any atom is 0.261 e. The van der Waals surface area contributed by atoms with Gasteiger partial charge in [-0.05, 0) is 19.1 Å². The maximum absolute atomic E-state index is 5.28. The lowest BCUT2D eigenvalue weighted by Gasteiger charge is -2.08. The Bertz CT molecular complexity index is 1020. The van der Waals surface area contributed by atoms with E-state index in [1.165, 1.54) is 0 Å². The van der Waals surface area contributed by atoms with Crippen LogP contribution in [0, 0.1) is 6.92 Å². The fourth-order valence-corrected chi connectivity index (χ4v) is 2.81. The lowest BCUT2D eigenvalue weighted by molar-refractivity contribution is 0.425. The van der Waals surface area contributed by atoms with Gasteiger partial charge in [-0.1, -0.05) is 35.5 Å². The van der Waals surface area contributed by atoms with Crippen LogP contribution in [0.15, 0.2) is 59.4 Å². The van der Waals surface area contributed by atoms with Gasteiger partial charge in [-0.3, -0.25) is 4.68 Å². The second kappa shape index (κ2) is 6.79. The maximum atomic E-state index is 5.28. The molecule has 0 saturated carbocycles. The molecule has 4 aromatic rings. The number of aromatic nitrogens is 5. The molecule has 1 aromatic carbocycles. The van der Waals surface area contributed by atoms with Crippen molar-refractivity contribution in [3.63, 3.8) is 0 Å². The molecule has 0 fully saturated rings. The second-order valence-electron chi connectivity index (χ2n) is 5.94. The van der Waals surface area contributed by atoms with Crippen molar-refractivity contribution in [1.82, 2.24) is 24.9 Å². The lowest BCUT2D eigenvalue weighted by atomic mass is 10.1. The average Bonchev–Trinajstić information content (AvgIpc) is 3.26. The summed E-state index contributed by atoms with van der Waals surface area (Å²) < 4.78 is 7.10. The van der Waals surface area contributed by atoms with Gasteiger partial charge in [-0.25, -0.2) is 4.98 Å². The minimum atomic E-state index is 0.451.